The molecule has 0 aromatic carbocycles. The van der Waals surface area contributed by atoms with Gasteiger partial charge in [-0.3, -0.25) is 14.7 Å². The predicted octanol–water partition coefficient (Wildman–Crippen LogP) is -1.01. The van der Waals surface area contributed by atoms with Crippen molar-refractivity contribution >= 4 is 0 Å². The van der Waals surface area contributed by atoms with E-state index in [1.54, 1.807) is 6.20 Å². The minimum Gasteiger partial charge on any atom is -0.392 e. The number of rotatable bonds is 6. The average Bonchev–Trinajstić information content (AvgIpc) is 2.99. The number of β-amino-alcohol motifs (C(OH)–C–C–N with tert-alkyl or cyclic N) is 2. The van der Waals surface area contributed by atoms with Crippen molar-refractivity contribution in [1.29, 1.82) is 0 Å². The van der Waals surface area contributed by atoms with E-state index in [4.69, 9.17) is 0 Å². The third-order valence-electron chi connectivity index (χ3n) is 4.09. The minimum atomic E-state index is -0.329. The second kappa shape index (κ2) is 9.29. The molecule has 0 bridgehead atoms. The summed E-state index contributed by atoms with van der Waals surface area (Å²) in [5, 5.41) is 30.0. The van der Waals surface area contributed by atoms with Crippen molar-refractivity contribution in [2.75, 3.05) is 52.4 Å². The van der Waals surface area contributed by atoms with Crippen LogP contribution in [-0.4, -0.2) is 105 Å². The molecule has 8 heteroatoms. The summed E-state index contributed by atoms with van der Waals surface area (Å²) in [5.74, 6) is 0. The largest absolute Gasteiger partial charge is 0.392 e. The maximum atomic E-state index is 9.69. The number of aromatic amines is 1. The van der Waals surface area contributed by atoms with Crippen LogP contribution in [0.15, 0.2) is 6.20 Å². The van der Waals surface area contributed by atoms with Crippen LogP contribution in [0.1, 0.15) is 19.5 Å². The zero-order valence-corrected chi connectivity index (χ0v) is 14.2. The normalized spacial score (nSPS) is 22.3. The second-order valence-corrected chi connectivity index (χ2v) is 6.54. The van der Waals surface area contributed by atoms with E-state index in [9.17, 15) is 10.2 Å². The molecule has 1 aromatic heterocycles. The van der Waals surface area contributed by atoms with E-state index < -0.39 is 0 Å². The number of H-pyrrole nitrogens is 1. The number of aliphatic hydroxyl groups is 2. The standard InChI is InChI=1S/C15H30N6O2/c1-13(22)10-19-3-4-20(11-14(2)23)6-8-21(7-5-19)12-15-9-16-18-17-15/h9,13-14,22-23H,3-8,10-12H2,1-2H3,(H,16,17,18)/t13-,14-/m0/s1. The highest BCUT2D eigenvalue weighted by atomic mass is 16.3. The van der Waals surface area contributed by atoms with Crippen LogP contribution in [0.25, 0.3) is 0 Å². The van der Waals surface area contributed by atoms with Crippen LogP contribution in [-0.2, 0) is 6.54 Å². The molecule has 0 unspecified atom stereocenters. The smallest absolute Gasteiger partial charge is 0.0964 e. The zero-order chi connectivity index (χ0) is 16.7. The Balaban J connectivity index is 1.97. The Labute approximate surface area is 138 Å². The van der Waals surface area contributed by atoms with E-state index in [1.165, 1.54) is 0 Å². The molecule has 1 aliphatic rings. The molecule has 132 valence electrons. The summed E-state index contributed by atoms with van der Waals surface area (Å²) in [5.41, 5.74) is 0.938. The third kappa shape index (κ3) is 6.92. The van der Waals surface area contributed by atoms with Gasteiger partial charge in [-0.05, 0) is 13.8 Å². The molecule has 1 aromatic rings. The Kier molecular flexibility index (Phi) is 7.38. The number of hydrogen-bond donors (Lipinski definition) is 3. The molecule has 1 aliphatic heterocycles. The quantitative estimate of drug-likeness (QED) is 0.617. The summed E-state index contributed by atoms with van der Waals surface area (Å²) in [4.78, 5) is 6.94. The molecule has 1 saturated heterocycles. The fraction of sp³-hybridized carbons (Fsp3) is 0.867. The van der Waals surface area contributed by atoms with E-state index in [-0.39, 0.29) is 12.2 Å². The van der Waals surface area contributed by atoms with Crippen molar-refractivity contribution in [1.82, 2.24) is 30.1 Å². The summed E-state index contributed by atoms with van der Waals surface area (Å²) in [6.07, 6.45) is 1.10. The summed E-state index contributed by atoms with van der Waals surface area (Å²) in [6, 6.07) is 0. The van der Waals surface area contributed by atoms with Gasteiger partial charge in [-0.15, -0.1) is 0 Å². The SMILES string of the molecule is C[C@H](O)CN1CCN(Cc2cn[nH]n2)CCN(C[C@H](C)O)CC1. The van der Waals surface area contributed by atoms with Gasteiger partial charge in [-0.2, -0.15) is 15.4 Å². The molecular weight excluding hydrogens is 296 g/mol. The number of nitrogens with zero attached hydrogens (tertiary/aromatic N) is 5. The molecule has 23 heavy (non-hydrogen) atoms. The van der Waals surface area contributed by atoms with Crippen molar-refractivity contribution in [2.45, 2.75) is 32.6 Å². The van der Waals surface area contributed by atoms with E-state index in [1.807, 2.05) is 13.8 Å². The molecule has 2 heterocycles. The topological polar surface area (TPSA) is 91.8 Å². The number of hydrogen-bond acceptors (Lipinski definition) is 7. The van der Waals surface area contributed by atoms with Crippen molar-refractivity contribution in [2.24, 2.45) is 0 Å². The van der Waals surface area contributed by atoms with Crippen LogP contribution in [0.2, 0.25) is 0 Å². The van der Waals surface area contributed by atoms with E-state index in [0.29, 0.717) is 13.1 Å². The van der Waals surface area contributed by atoms with Gasteiger partial charge in [-0.25, -0.2) is 0 Å². The highest BCUT2D eigenvalue weighted by molar-refractivity contribution is 4.90. The Morgan fingerprint density at radius 3 is 1.83 bits per heavy atom. The highest BCUT2D eigenvalue weighted by Crippen LogP contribution is 2.05. The van der Waals surface area contributed by atoms with Gasteiger partial charge in [0.1, 0.15) is 0 Å². The summed E-state index contributed by atoms with van der Waals surface area (Å²) in [6.45, 7) is 11.3. The minimum absolute atomic E-state index is 0.329. The molecule has 2 rings (SSSR count). The van der Waals surface area contributed by atoms with Crippen LogP contribution in [0.3, 0.4) is 0 Å². The Hall–Kier alpha value is -1.06. The van der Waals surface area contributed by atoms with Crippen molar-refractivity contribution < 1.29 is 10.2 Å². The number of aromatic nitrogens is 3. The van der Waals surface area contributed by atoms with Crippen LogP contribution in [0.4, 0.5) is 0 Å². The molecule has 1 fully saturated rings. The molecular formula is C15H30N6O2. The lowest BCUT2D eigenvalue weighted by Gasteiger charge is -2.27. The third-order valence-corrected chi connectivity index (χ3v) is 4.09. The predicted molar refractivity (Wildman–Crippen MR) is 87.9 cm³/mol. The van der Waals surface area contributed by atoms with Gasteiger partial charge in [0.15, 0.2) is 0 Å². The molecule has 0 amide bonds. The van der Waals surface area contributed by atoms with E-state index in [0.717, 1.165) is 51.5 Å². The Morgan fingerprint density at radius 1 is 0.957 bits per heavy atom. The molecule has 0 saturated carbocycles. The van der Waals surface area contributed by atoms with Crippen molar-refractivity contribution in [3.05, 3.63) is 11.9 Å². The first-order valence-corrected chi connectivity index (χ1v) is 8.40. The van der Waals surface area contributed by atoms with Gasteiger partial charge in [0, 0.05) is 58.9 Å². The van der Waals surface area contributed by atoms with Gasteiger partial charge >= 0.3 is 0 Å². The summed E-state index contributed by atoms with van der Waals surface area (Å²) < 4.78 is 0. The zero-order valence-electron chi connectivity index (χ0n) is 14.2. The molecule has 3 N–H and O–H groups in total. The Morgan fingerprint density at radius 2 is 1.43 bits per heavy atom. The molecule has 8 nitrogen and oxygen atoms in total. The maximum Gasteiger partial charge on any atom is 0.0964 e. The van der Waals surface area contributed by atoms with Gasteiger partial charge in [-0.1, -0.05) is 0 Å². The van der Waals surface area contributed by atoms with Crippen LogP contribution in [0.5, 0.6) is 0 Å². The lowest BCUT2D eigenvalue weighted by Crippen LogP contribution is -2.41. The highest BCUT2D eigenvalue weighted by Gasteiger charge is 2.18. The second-order valence-electron chi connectivity index (χ2n) is 6.54. The van der Waals surface area contributed by atoms with Crippen molar-refractivity contribution in [3.63, 3.8) is 0 Å². The molecule has 0 spiro atoms. The molecule has 0 aliphatic carbocycles. The first-order valence-electron chi connectivity index (χ1n) is 8.40. The summed E-state index contributed by atoms with van der Waals surface area (Å²) in [7, 11) is 0. The van der Waals surface area contributed by atoms with E-state index in [2.05, 4.69) is 30.1 Å². The first kappa shape index (κ1) is 18.3. The average molecular weight is 326 g/mol. The van der Waals surface area contributed by atoms with E-state index >= 15 is 0 Å². The fourth-order valence-corrected chi connectivity index (χ4v) is 2.99. The van der Waals surface area contributed by atoms with Crippen LogP contribution in [0, 0.1) is 0 Å². The number of nitrogens with one attached hydrogen (secondary N) is 1. The lowest BCUT2D eigenvalue weighted by molar-refractivity contribution is 0.102. The van der Waals surface area contributed by atoms with Gasteiger partial charge < -0.3 is 10.2 Å². The van der Waals surface area contributed by atoms with Crippen molar-refractivity contribution in [3.8, 4) is 0 Å². The van der Waals surface area contributed by atoms with Crippen LogP contribution < -0.4 is 0 Å². The lowest BCUT2D eigenvalue weighted by atomic mass is 10.3. The number of aliphatic hydroxyl groups excluding tert-OH is 2. The first-order chi connectivity index (χ1) is 11.0. The maximum absolute atomic E-state index is 9.69. The van der Waals surface area contributed by atoms with Gasteiger partial charge in [0.05, 0.1) is 24.1 Å². The van der Waals surface area contributed by atoms with Gasteiger partial charge in [0.2, 0.25) is 0 Å². The Bertz CT molecular complexity index is 404. The van der Waals surface area contributed by atoms with Crippen LogP contribution >= 0.6 is 0 Å². The fourth-order valence-electron chi connectivity index (χ4n) is 2.99. The molecule has 2 atom stereocenters. The molecule has 0 radical (unpaired) electrons. The monoisotopic (exact) mass is 326 g/mol. The van der Waals surface area contributed by atoms with Gasteiger partial charge in [0.25, 0.3) is 0 Å². The summed E-state index contributed by atoms with van der Waals surface area (Å²) >= 11 is 0.